The summed E-state index contributed by atoms with van der Waals surface area (Å²) in [7, 11) is 0. The first kappa shape index (κ1) is 8.13. The molecule has 0 saturated heterocycles. The molecule has 4 heteroatoms. The average molecular weight is 183 g/mol. The van der Waals surface area contributed by atoms with Gasteiger partial charge in [0.05, 0.1) is 11.1 Å². The van der Waals surface area contributed by atoms with Crippen molar-refractivity contribution < 1.29 is 0 Å². The highest BCUT2D eigenvalue weighted by molar-refractivity contribution is 7.05. The summed E-state index contributed by atoms with van der Waals surface area (Å²) >= 11 is 1.47. The summed E-state index contributed by atoms with van der Waals surface area (Å²) < 4.78 is 3.82. The molecule has 0 spiro atoms. The summed E-state index contributed by atoms with van der Waals surface area (Å²) in [5.74, 6) is 0. The Morgan fingerprint density at radius 1 is 1.67 bits per heavy atom. The van der Waals surface area contributed by atoms with Gasteiger partial charge in [-0.15, -0.1) is 5.10 Å². The predicted molar refractivity (Wildman–Crippen MR) is 49.0 cm³/mol. The first-order valence-electron chi connectivity index (χ1n) is 4.30. The molecule has 1 aliphatic rings. The van der Waals surface area contributed by atoms with Crippen LogP contribution >= 0.6 is 11.5 Å². The molecule has 1 fully saturated rings. The summed E-state index contributed by atoms with van der Waals surface area (Å²) in [4.78, 5) is 1.23. The van der Waals surface area contributed by atoms with Gasteiger partial charge in [-0.25, -0.2) is 0 Å². The Labute approximate surface area is 76.4 Å². The van der Waals surface area contributed by atoms with Crippen LogP contribution in [0.1, 0.15) is 31.1 Å². The van der Waals surface area contributed by atoms with Crippen molar-refractivity contribution in [2.24, 2.45) is 0 Å². The lowest BCUT2D eigenvalue weighted by Crippen LogP contribution is -2.47. The molecule has 66 valence electrons. The van der Waals surface area contributed by atoms with E-state index in [0.717, 1.165) is 6.54 Å². The summed E-state index contributed by atoms with van der Waals surface area (Å²) in [6.07, 6.45) is 5.81. The van der Waals surface area contributed by atoms with Crippen LogP contribution in [-0.2, 0) is 6.54 Å². The van der Waals surface area contributed by atoms with Gasteiger partial charge in [0.25, 0.3) is 0 Å². The number of rotatable bonds is 3. The summed E-state index contributed by atoms with van der Waals surface area (Å²) in [5.41, 5.74) is 0.393. The van der Waals surface area contributed by atoms with Crippen molar-refractivity contribution in [2.75, 3.05) is 0 Å². The topological polar surface area (TPSA) is 37.8 Å². The molecule has 12 heavy (non-hydrogen) atoms. The fourth-order valence-corrected chi connectivity index (χ4v) is 1.88. The third kappa shape index (κ3) is 1.64. The minimum Gasteiger partial charge on any atom is -0.307 e. The minimum atomic E-state index is 0.393. The van der Waals surface area contributed by atoms with Gasteiger partial charge in [0, 0.05) is 12.1 Å². The van der Waals surface area contributed by atoms with Crippen molar-refractivity contribution >= 4 is 11.5 Å². The number of nitrogens with zero attached hydrogens (tertiary/aromatic N) is 2. The van der Waals surface area contributed by atoms with Gasteiger partial charge in [0.2, 0.25) is 0 Å². The molecule has 0 radical (unpaired) electrons. The highest BCUT2D eigenvalue weighted by Gasteiger charge is 2.30. The monoisotopic (exact) mass is 183 g/mol. The van der Waals surface area contributed by atoms with E-state index in [2.05, 4.69) is 21.8 Å². The van der Waals surface area contributed by atoms with Crippen molar-refractivity contribution in [3.63, 3.8) is 0 Å². The van der Waals surface area contributed by atoms with Crippen LogP contribution in [0.2, 0.25) is 0 Å². The molecular formula is C8H13N3S. The highest BCUT2D eigenvalue weighted by Crippen LogP contribution is 2.31. The molecule has 0 aromatic carbocycles. The van der Waals surface area contributed by atoms with Crippen LogP contribution in [0.15, 0.2) is 6.20 Å². The maximum Gasteiger partial charge on any atom is 0.0666 e. The van der Waals surface area contributed by atoms with E-state index in [1.807, 2.05) is 6.20 Å². The Morgan fingerprint density at radius 2 is 2.50 bits per heavy atom. The van der Waals surface area contributed by atoms with Crippen LogP contribution < -0.4 is 5.32 Å². The van der Waals surface area contributed by atoms with Crippen LogP contribution in [0.5, 0.6) is 0 Å². The molecule has 1 aromatic rings. The van der Waals surface area contributed by atoms with E-state index in [1.165, 1.54) is 35.7 Å². The second-order valence-corrected chi connectivity index (χ2v) is 4.52. The average Bonchev–Trinajstić information content (AvgIpc) is 2.49. The van der Waals surface area contributed by atoms with Gasteiger partial charge in [0.15, 0.2) is 0 Å². The zero-order chi connectivity index (χ0) is 8.44. The number of hydrogen-bond donors (Lipinski definition) is 1. The van der Waals surface area contributed by atoms with E-state index in [1.54, 1.807) is 0 Å². The first-order valence-corrected chi connectivity index (χ1v) is 5.07. The van der Waals surface area contributed by atoms with Crippen LogP contribution in [0.3, 0.4) is 0 Å². The normalized spacial score (nSPS) is 20.4. The predicted octanol–water partition coefficient (Wildman–Crippen LogP) is 1.57. The largest absolute Gasteiger partial charge is 0.307 e. The van der Waals surface area contributed by atoms with Gasteiger partial charge in [-0.1, -0.05) is 4.49 Å². The highest BCUT2D eigenvalue weighted by atomic mass is 32.1. The first-order chi connectivity index (χ1) is 5.79. The van der Waals surface area contributed by atoms with Crippen molar-refractivity contribution in [2.45, 2.75) is 38.3 Å². The molecule has 0 amide bonds. The summed E-state index contributed by atoms with van der Waals surface area (Å²) in [6.45, 7) is 3.21. The second-order valence-electron chi connectivity index (χ2n) is 3.65. The summed E-state index contributed by atoms with van der Waals surface area (Å²) in [5, 5.41) is 7.32. The van der Waals surface area contributed by atoms with Crippen molar-refractivity contribution in [1.29, 1.82) is 0 Å². The summed E-state index contributed by atoms with van der Waals surface area (Å²) in [6, 6.07) is 0. The van der Waals surface area contributed by atoms with Gasteiger partial charge in [-0.05, 0) is 37.7 Å². The standard InChI is InChI=1S/C8H13N3S/c1-8(3-2-4-8)9-5-7-6-10-11-12-7/h6,9H,2-5H2,1H3. The fraction of sp³-hybridized carbons (Fsp3) is 0.750. The van der Waals surface area contributed by atoms with E-state index in [4.69, 9.17) is 0 Å². The van der Waals surface area contributed by atoms with Gasteiger partial charge >= 0.3 is 0 Å². The lowest BCUT2D eigenvalue weighted by atomic mass is 9.78. The number of aromatic nitrogens is 2. The molecule has 0 aliphatic heterocycles. The lowest BCUT2D eigenvalue weighted by molar-refractivity contribution is 0.207. The van der Waals surface area contributed by atoms with E-state index >= 15 is 0 Å². The van der Waals surface area contributed by atoms with Gasteiger partial charge in [-0.3, -0.25) is 0 Å². The Kier molecular flexibility index (Phi) is 2.11. The quantitative estimate of drug-likeness (QED) is 0.773. The van der Waals surface area contributed by atoms with Crippen molar-refractivity contribution in [3.05, 3.63) is 11.1 Å². The lowest BCUT2D eigenvalue weighted by Gasteiger charge is -2.39. The molecular weight excluding hydrogens is 170 g/mol. The molecule has 0 unspecified atom stereocenters. The SMILES string of the molecule is CC1(NCc2cnns2)CCC1. The zero-order valence-corrected chi connectivity index (χ0v) is 8.02. The smallest absolute Gasteiger partial charge is 0.0666 e. The Balaban J connectivity index is 1.82. The molecule has 1 heterocycles. The third-order valence-electron chi connectivity index (χ3n) is 2.55. The van der Waals surface area contributed by atoms with E-state index in [-0.39, 0.29) is 0 Å². The van der Waals surface area contributed by atoms with Gasteiger partial charge < -0.3 is 5.32 Å². The zero-order valence-electron chi connectivity index (χ0n) is 7.21. The van der Waals surface area contributed by atoms with Crippen molar-refractivity contribution in [1.82, 2.24) is 14.9 Å². The minimum absolute atomic E-state index is 0.393. The van der Waals surface area contributed by atoms with Crippen LogP contribution in [-0.4, -0.2) is 15.1 Å². The van der Waals surface area contributed by atoms with E-state index in [0.29, 0.717) is 5.54 Å². The van der Waals surface area contributed by atoms with E-state index < -0.39 is 0 Å². The molecule has 0 bridgehead atoms. The van der Waals surface area contributed by atoms with Gasteiger partial charge in [-0.2, -0.15) is 0 Å². The maximum atomic E-state index is 3.82. The third-order valence-corrected chi connectivity index (χ3v) is 3.21. The number of nitrogens with one attached hydrogen (secondary N) is 1. The van der Waals surface area contributed by atoms with E-state index in [9.17, 15) is 0 Å². The molecule has 1 aromatic heterocycles. The molecule has 2 rings (SSSR count). The van der Waals surface area contributed by atoms with Crippen LogP contribution in [0, 0.1) is 0 Å². The molecule has 1 N–H and O–H groups in total. The fourth-order valence-electron chi connectivity index (χ4n) is 1.45. The second kappa shape index (κ2) is 3.11. The Hall–Kier alpha value is -0.480. The number of hydrogen-bond acceptors (Lipinski definition) is 4. The maximum absolute atomic E-state index is 3.82. The Morgan fingerprint density at radius 3 is 3.00 bits per heavy atom. The molecule has 1 saturated carbocycles. The van der Waals surface area contributed by atoms with Crippen LogP contribution in [0.25, 0.3) is 0 Å². The van der Waals surface area contributed by atoms with Crippen LogP contribution in [0.4, 0.5) is 0 Å². The molecule has 1 aliphatic carbocycles. The Bertz CT molecular complexity index is 241. The van der Waals surface area contributed by atoms with Gasteiger partial charge in [0.1, 0.15) is 0 Å². The van der Waals surface area contributed by atoms with Crippen molar-refractivity contribution in [3.8, 4) is 0 Å². The molecule has 0 atom stereocenters. The molecule has 3 nitrogen and oxygen atoms in total.